The molecule has 0 bridgehead atoms. The number of piperazine rings is 1. The highest BCUT2D eigenvalue weighted by Crippen LogP contribution is 2.29. The molecule has 0 spiro atoms. The second-order valence-electron chi connectivity index (χ2n) is 7.69. The maximum absolute atomic E-state index is 13.6. The minimum Gasteiger partial charge on any atom is -0.459 e. The van der Waals surface area contributed by atoms with E-state index in [0.717, 1.165) is 21.8 Å². The van der Waals surface area contributed by atoms with E-state index in [1.54, 1.807) is 17.0 Å². The maximum Gasteiger partial charge on any atom is 0.289 e. The van der Waals surface area contributed by atoms with Crippen LogP contribution in [0.25, 0.3) is 21.8 Å². The molecule has 1 aliphatic heterocycles. The van der Waals surface area contributed by atoms with Crippen molar-refractivity contribution < 1.29 is 14.0 Å². The summed E-state index contributed by atoms with van der Waals surface area (Å²) >= 11 is 0. The van der Waals surface area contributed by atoms with Crippen molar-refractivity contribution in [2.24, 2.45) is 0 Å². The number of hydrogen-bond acceptors (Lipinski definition) is 4. The Balaban J connectivity index is 1.38. The Morgan fingerprint density at radius 1 is 0.833 bits per heavy atom. The van der Waals surface area contributed by atoms with Crippen LogP contribution in [0, 0.1) is 0 Å². The Bertz CT molecular complexity index is 1160. The topological polar surface area (TPSA) is 58.7 Å². The number of rotatable bonds is 3. The van der Waals surface area contributed by atoms with Gasteiger partial charge in [0.05, 0.1) is 23.3 Å². The first-order chi connectivity index (χ1) is 14.6. The molecular formula is C24H23N3O3. The fourth-order valence-electron chi connectivity index (χ4n) is 4.37. The van der Waals surface area contributed by atoms with Crippen LogP contribution < -0.4 is 0 Å². The van der Waals surface area contributed by atoms with Crippen molar-refractivity contribution in [2.45, 2.75) is 13.0 Å². The largest absolute Gasteiger partial charge is 0.459 e. The molecule has 6 heteroatoms. The molecule has 6 nitrogen and oxygen atoms in total. The average molecular weight is 401 g/mol. The zero-order valence-corrected chi connectivity index (χ0v) is 16.8. The van der Waals surface area contributed by atoms with Crippen molar-refractivity contribution in [1.29, 1.82) is 0 Å². The second kappa shape index (κ2) is 7.46. The summed E-state index contributed by atoms with van der Waals surface area (Å²) in [6, 6.07) is 19.2. The number of carbonyl (C=O) groups excluding carboxylic acids is 2. The van der Waals surface area contributed by atoms with Crippen molar-refractivity contribution in [1.82, 2.24) is 14.4 Å². The zero-order chi connectivity index (χ0) is 20.7. The average Bonchev–Trinajstić information content (AvgIpc) is 3.44. The van der Waals surface area contributed by atoms with Gasteiger partial charge in [0, 0.05) is 37.0 Å². The molecule has 0 aliphatic carbocycles. The van der Waals surface area contributed by atoms with Gasteiger partial charge in [-0.05, 0) is 31.2 Å². The lowest BCUT2D eigenvalue weighted by Gasteiger charge is -2.37. The molecule has 5 rings (SSSR count). The van der Waals surface area contributed by atoms with E-state index in [-0.39, 0.29) is 17.9 Å². The van der Waals surface area contributed by atoms with Crippen molar-refractivity contribution in [2.75, 3.05) is 26.2 Å². The van der Waals surface area contributed by atoms with Crippen LogP contribution in [0.3, 0.4) is 0 Å². The molecule has 2 aromatic heterocycles. The van der Waals surface area contributed by atoms with Gasteiger partial charge >= 0.3 is 0 Å². The van der Waals surface area contributed by atoms with Crippen LogP contribution in [-0.4, -0.2) is 58.4 Å². The predicted molar refractivity (Wildman–Crippen MR) is 116 cm³/mol. The van der Waals surface area contributed by atoms with E-state index in [9.17, 15) is 9.59 Å². The number of benzene rings is 2. The van der Waals surface area contributed by atoms with E-state index in [1.165, 1.54) is 6.26 Å². The summed E-state index contributed by atoms with van der Waals surface area (Å²) in [6.07, 6.45) is 1.51. The number of furan rings is 1. The lowest BCUT2D eigenvalue weighted by Crippen LogP contribution is -2.53. The molecule has 3 heterocycles. The Morgan fingerprint density at radius 2 is 1.43 bits per heavy atom. The fraction of sp³-hybridized carbons (Fsp3) is 0.250. The van der Waals surface area contributed by atoms with Crippen molar-refractivity contribution in [3.05, 3.63) is 72.7 Å². The van der Waals surface area contributed by atoms with Crippen LogP contribution in [-0.2, 0) is 0 Å². The number of fused-ring (bicyclic) bond motifs is 3. The standard InChI is InChI=1S/C24H23N3O3/c1-17(25-12-14-26(15-13-25)24(29)22-11-6-16-30-22)23(28)27-20-9-4-2-7-18(20)19-8-3-5-10-21(19)27/h2-11,16-17H,12-15H2,1H3. The highest BCUT2D eigenvalue weighted by Gasteiger charge is 2.30. The van der Waals surface area contributed by atoms with Gasteiger partial charge in [-0.2, -0.15) is 0 Å². The van der Waals surface area contributed by atoms with Crippen LogP contribution in [0.4, 0.5) is 0 Å². The molecular weight excluding hydrogens is 378 g/mol. The number of aromatic nitrogens is 1. The SMILES string of the molecule is CC(C(=O)n1c2ccccc2c2ccccc21)N1CCN(C(=O)c2ccco2)CC1. The third-order valence-corrected chi connectivity index (χ3v) is 6.04. The first kappa shape index (κ1) is 18.6. The van der Waals surface area contributed by atoms with E-state index in [1.807, 2.05) is 47.9 Å². The Labute approximate surface area is 174 Å². The summed E-state index contributed by atoms with van der Waals surface area (Å²) in [5.41, 5.74) is 1.87. The number of para-hydroxylation sites is 2. The van der Waals surface area contributed by atoms with Gasteiger partial charge in [-0.15, -0.1) is 0 Å². The lowest BCUT2D eigenvalue weighted by atomic mass is 10.2. The van der Waals surface area contributed by atoms with Crippen LogP contribution in [0.15, 0.2) is 71.3 Å². The third-order valence-electron chi connectivity index (χ3n) is 6.04. The van der Waals surface area contributed by atoms with Gasteiger partial charge in [0.25, 0.3) is 5.91 Å². The van der Waals surface area contributed by atoms with Crippen LogP contribution in [0.5, 0.6) is 0 Å². The number of nitrogens with zero attached hydrogens (tertiary/aromatic N) is 3. The monoisotopic (exact) mass is 401 g/mol. The zero-order valence-electron chi connectivity index (χ0n) is 16.8. The van der Waals surface area contributed by atoms with Crippen LogP contribution in [0.2, 0.25) is 0 Å². The molecule has 1 atom stereocenters. The normalized spacial score (nSPS) is 16.2. The smallest absolute Gasteiger partial charge is 0.289 e. The number of carbonyl (C=O) groups is 2. The van der Waals surface area contributed by atoms with Gasteiger partial charge < -0.3 is 9.32 Å². The highest BCUT2D eigenvalue weighted by molar-refractivity contribution is 6.13. The molecule has 1 aliphatic rings. The van der Waals surface area contributed by atoms with E-state index in [2.05, 4.69) is 17.0 Å². The Kier molecular flexibility index (Phi) is 4.64. The quantitative estimate of drug-likeness (QED) is 0.523. The summed E-state index contributed by atoms with van der Waals surface area (Å²) in [6.45, 7) is 4.40. The molecule has 0 saturated carbocycles. The predicted octanol–water partition coefficient (Wildman–Crippen LogP) is 3.87. The van der Waals surface area contributed by atoms with Crippen LogP contribution in [0.1, 0.15) is 22.3 Å². The van der Waals surface area contributed by atoms with E-state index in [4.69, 9.17) is 4.42 Å². The van der Waals surface area contributed by atoms with E-state index >= 15 is 0 Å². The molecule has 1 fully saturated rings. The van der Waals surface area contributed by atoms with Gasteiger partial charge in [-0.3, -0.25) is 19.1 Å². The maximum atomic E-state index is 13.6. The summed E-state index contributed by atoms with van der Waals surface area (Å²) < 4.78 is 7.07. The lowest BCUT2D eigenvalue weighted by molar-refractivity contribution is 0.0505. The van der Waals surface area contributed by atoms with Crippen molar-refractivity contribution >= 4 is 33.6 Å². The molecule has 152 valence electrons. The number of hydrogen-bond donors (Lipinski definition) is 0. The first-order valence-corrected chi connectivity index (χ1v) is 10.2. The van der Waals surface area contributed by atoms with Gasteiger partial charge in [-0.1, -0.05) is 36.4 Å². The molecule has 0 N–H and O–H groups in total. The minimum absolute atomic E-state index is 0.0539. The minimum atomic E-state index is -0.287. The second-order valence-corrected chi connectivity index (χ2v) is 7.69. The molecule has 1 unspecified atom stereocenters. The van der Waals surface area contributed by atoms with Gasteiger partial charge in [0.2, 0.25) is 5.91 Å². The molecule has 4 aromatic rings. The first-order valence-electron chi connectivity index (χ1n) is 10.2. The summed E-state index contributed by atoms with van der Waals surface area (Å²) in [5.74, 6) is 0.317. The molecule has 0 radical (unpaired) electrons. The molecule has 1 amide bonds. The number of amides is 1. The Hall–Kier alpha value is -3.38. The third kappa shape index (κ3) is 3.00. The van der Waals surface area contributed by atoms with Crippen LogP contribution >= 0.6 is 0 Å². The van der Waals surface area contributed by atoms with Crippen molar-refractivity contribution in [3.63, 3.8) is 0 Å². The highest BCUT2D eigenvalue weighted by atomic mass is 16.3. The van der Waals surface area contributed by atoms with Gasteiger partial charge in [0.15, 0.2) is 5.76 Å². The fourth-order valence-corrected chi connectivity index (χ4v) is 4.37. The summed E-state index contributed by atoms with van der Waals surface area (Å²) in [4.78, 5) is 30.0. The summed E-state index contributed by atoms with van der Waals surface area (Å²) in [5, 5.41) is 2.17. The Morgan fingerprint density at radius 3 is 2.00 bits per heavy atom. The van der Waals surface area contributed by atoms with E-state index < -0.39 is 0 Å². The van der Waals surface area contributed by atoms with E-state index in [0.29, 0.717) is 31.9 Å². The van der Waals surface area contributed by atoms with Crippen molar-refractivity contribution in [3.8, 4) is 0 Å². The molecule has 2 aromatic carbocycles. The molecule has 30 heavy (non-hydrogen) atoms. The van der Waals surface area contributed by atoms with Gasteiger partial charge in [0.1, 0.15) is 0 Å². The summed E-state index contributed by atoms with van der Waals surface area (Å²) in [7, 11) is 0. The van der Waals surface area contributed by atoms with Gasteiger partial charge in [-0.25, -0.2) is 0 Å². The molecule has 1 saturated heterocycles.